The van der Waals surface area contributed by atoms with Crippen LogP contribution in [0.15, 0.2) is 29.4 Å². The second kappa shape index (κ2) is 6.19. The summed E-state index contributed by atoms with van der Waals surface area (Å²) in [4.78, 5) is 15.7. The van der Waals surface area contributed by atoms with Gasteiger partial charge in [0.1, 0.15) is 0 Å². The summed E-state index contributed by atoms with van der Waals surface area (Å²) < 4.78 is 4.37. The summed E-state index contributed by atoms with van der Waals surface area (Å²) in [7, 11) is 1.28. The normalized spacial score (nSPS) is 10.3. The largest absolute Gasteiger partial charge is 0.465 e. The van der Waals surface area contributed by atoms with E-state index in [1.165, 1.54) is 7.11 Å². The van der Waals surface area contributed by atoms with E-state index in [9.17, 15) is 4.79 Å². The van der Waals surface area contributed by atoms with Gasteiger partial charge in [-0.05, 0) is 6.07 Å². The molecule has 0 aliphatic carbocycles. The lowest BCUT2D eigenvalue weighted by Gasteiger charge is -2.02. The van der Waals surface area contributed by atoms with Crippen molar-refractivity contribution >= 4 is 28.1 Å². The standard InChI is InChI=1S/C10H10BrNO3/c1-14-10(13)7-12-15-9-5-3-2-4-8(9)6-11/h2-5,7H,6H2,1H3. The van der Waals surface area contributed by atoms with Gasteiger partial charge < -0.3 is 9.57 Å². The average molecular weight is 272 g/mol. The molecule has 0 aromatic heterocycles. The molecule has 1 aromatic carbocycles. The van der Waals surface area contributed by atoms with Crippen molar-refractivity contribution < 1.29 is 14.4 Å². The van der Waals surface area contributed by atoms with Crippen LogP contribution in [0, 0.1) is 0 Å². The fraction of sp³-hybridized carbons (Fsp3) is 0.200. The molecule has 0 aliphatic heterocycles. The Bertz CT molecular complexity index is 365. The maximum absolute atomic E-state index is 10.7. The van der Waals surface area contributed by atoms with Crippen molar-refractivity contribution in [3.05, 3.63) is 29.8 Å². The molecule has 0 aliphatic rings. The highest BCUT2D eigenvalue weighted by atomic mass is 79.9. The zero-order valence-electron chi connectivity index (χ0n) is 8.14. The highest BCUT2D eigenvalue weighted by molar-refractivity contribution is 9.08. The van der Waals surface area contributed by atoms with E-state index >= 15 is 0 Å². The monoisotopic (exact) mass is 271 g/mol. The Kier molecular flexibility index (Phi) is 4.83. The predicted octanol–water partition coefficient (Wildman–Crippen LogP) is 2.12. The third kappa shape index (κ3) is 3.71. The van der Waals surface area contributed by atoms with Gasteiger partial charge in [-0.25, -0.2) is 4.79 Å². The van der Waals surface area contributed by atoms with Crippen LogP contribution < -0.4 is 4.84 Å². The minimum Gasteiger partial charge on any atom is -0.465 e. The van der Waals surface area contributed by atoms with Gasteiger partial charge in [0.2, 0.25) is 0 Å². The molecule has 0 unspecified atom stereocenters. The summed E-state index contributed by atoms with van der Waals surface area (Å²) in [6.45, 7) is 0. The molecule has 0 N–H and O–H groups in total. The van der Waals surface area contributed by atoms with Gasteiger partial charge in [0.15, 0.2) is 12.0 Å². The smallest absolute Gasteiger partial charge is 0.352 e. The Hall–Kier alpha value is -1.36. The summed E-state index contributed by atoms with van der Waals surface area (Å²) in [5.74, 6) is 0.0563. The number of benzene rings is 1. The highest BCUT2D eigenvalue weighted by Crippen LogP contribution is 2.20. The van der Waals surface area contributed by atoms with Gasteiger partial charge in [-0.3, -0.25) is 0 Å². The van der Waals surface area contributed by atoms with Gasteiger partial charge >= 0.3 is 5.97 Å². The summed E-state index contributed by atoms with van der Waals surface area (Å²) in [5.41, 5.74) is 0.958. The lowest BCUT2D eigenvalue weighted by molar-refractivity contribution is -0.132. The molecule has 0 fully saturated rings. The molecule has 0 saturated carbocycles. The summed E-state index contributed by atoms with van der Waals surface area (Å²) in [6, 6.07) is 7.39. The second-order valence-electron chi connectivity index (χ2n) is 2.59. The number of methoxy groups -OCH3 is 1. The van der Waals surface area contributed by atoms with Crippen LogP contribution in [-0.4, -0.2) is 19.3 Å². The van der Waals surface area contributed by atoms with Crippen molar-refractivity contribution in [3.63, 3.8) is 0 Å². The van der Waals surface area contributed by atoms with E-state index in [2.05, 4.69) is 25.8 Å². The number of hydrogen-bond acceptors (Lipinski definition) is 4. The molecule has 0 radical (unpaired) electrons. The molecule has 80 valence electrons. The molecule has 0 atom stereocenters. The molecule has 0 spiro atoms. The first-order chi connectivity index (χ1) is 7.27. The van der Waals surface area contributed by atoms with E-state index in [0.717, 1.165) is 11.8 Å². The number of nitrogens with zero attached hydrogens (tertiary/aromatic N) is 1. The number of ether oxygens (including phenoxy) is 1. The number of halogens is 1. The lowest BCUT2D eigenvalue weighted by Crippen LogP contribution is -2.02. The minimum atomic E-state index is -0.550. The first-order valence-electron chi connectivity index (χ1n) is 4.20. The fourth-order valence-electron chi connectivity index (χ4n) is 0.882. The SMILES string of the molecule is COC(=O)C=NOc1ccccc1CBr. The number of carbonyl (C=O) groups excluding carboxylic acids is 1. The van der Waals surface area contributed by atoms with Crippen LogP contribution in [0.25, 0.3) is 0 Å². The van der Waals surface area contributed by atoms with Crippen LogP contribution in [0.3, 0.4) is 0 Å². The molecule has 0 saturated heterocycles. The van der Waals surface area contributed by atoms with Gasteiger partial charge in [0, 0.05) is 10.9 Å². The number of rotatable bonds is 4. The zero-order chi connectivity index (χ0) is 11.1. The lowest BCUT2D eigenvalue weighted by atomic mass is 10.2. The summed E-state index contributed by atoms with van der Waals surface area (Å²) in [5, 5.41) is 4.16. The van der Waals surface area contributed by atoms with E-state index in [-0.39, 0.29) is 0 Å². The van der Waals surface area contributed by atoms with E-state index in [0.29, 0.717) is 11.1 Å². The molecule has 1 aromatic rings. The molecular formula is C10H10BrNO3. The van der Waals surface area contributed by atoms with E-state index in [4.69, 9.17) is 4.84 Å². The van der Waals surface area contributed by atoms with Crippen molar-refractivity contribution in [1.82, 2.24) is 0 Å². The summed E-state index contributed by atoms with van der Waals surface area (Å²) in [6.07, 6.45) is 0.977. The number of para-hydroxylation sites is 1. The molecule has 0 heterocycles. The van der Waals surface area contributed by atoms with Gasteiger partial charge in [-0.15, -0.1) is 0 Å². The van der Waals surface area contributed by atoms with Crippen molar-refractivity contribution in [1.29, 1.82) is 0 Å². The first kappa shape index (κ1) is 11.7. The number of hydrogen-bond donors (Lipinski definition) is 0. The van der Waals surface area contributed by atoms with E-state index in [1.807, 2.05) is 18.2 Å². The second-order valence-corrected chi connectivity index (χ2v) is 3.15. The molecule has 0 amide bonds. The third-order valence-corrected chi connectivity index (χ3v) is 2.23. The van der Waals surface area contributed by atoms with Crippen molar-refractivity contribution in [2.45, 2.75) is 5.33 Å². The number of carbonyl (C=O) groups is 1. The molecule has 1 rings (SSSR count). The van der Waals surface area contributed by atoms with Crippen molar-refractivity contribution in [2.75, 3.05) is 7.11 Å². The topological polar surface area (TPSA) is 47.9 Å². The Balaban J connectivity index is 2.64. The van der Waals surface area contributed by atoms with Gasteiger partial charge in [-0.1, -0.05) is 39.3 Å². The summed E-state index contributed by atoms with van der Waals surface area (Å²) >= 11 is 3.32. The number of oxime groups is 1. The molecule has 0 bridgehead atoms. The molecular weight excluding hydrogens is 262 g/mol. The van der Waals surface area contributed by atoms with Crippen LogP contribution in [0.2, 0.25) is 0 Å². The Morgan fingerprint density at radius 2 is 2.27 bits per heavy atom. The fourth-order valence-corrected chi connectivity index (χ4v) is 1.35. The van der Waals surface area contributed by atoms with Crippen LogP contribution in [0.5, 0.6) is 5.75 Å². The molecule has 5 heteroatoms. The van der Waals surface area contributed by atoms with Gasteiger partial charge in [0.05, 0.1) is 7.11 Å². The highest BCUT2D eigenvalue weighted by Gasteiger charge is 2.00. The van der Waals surface area contributed by atoms with E-state index in [1.54, 1.807) is 6.07 Å². The minimum absolute atomic E-state index is 0.550. The average Bonchev–Trinajstić information content (AvgIpc) is 2.29. The maximum Gasteiger partial charge on any atom is 0.352 e. The van der Waals surface area contributed by atoms with Crippen LogP contribution in [0.4, 0.5) is 0 Å². The van der Waals surface area contributed by atoms with Crippen LogP contribution >= 0.6 is 15.9 Å². The van der Waals surface area contributed by atoms with Gasteiger partial charge in [0.25, 0.3) is 0 Å². The van der Waals surface area contributed by atoms with Crippen LogP contribution in [0.1, 0.15) is 5.56 Å². The third-order valence-electron chi connectivity index (χ3n) is 1.63. The maximum atomic E-state index is 10.7. The Labute approximate surface area is 96.0 Å². The van der Waals surface area contributed by atoms with Gasteiger partial charge in [-0.2, -0.15) is 0 Å². The van der Waals surface area contributed by atoms with E-state index < -0.39 is 5.97 Å². The number of esters is 1. The van der Waals surface area contributed by atoms with Crippen molar-refractivity contribution in [3.8, 4) is 5.75 Å². The first-order valence-corrected chi connectivity index (χ1v) is 5.32. The molecule has 15 heavy (non-hydrogen) atoms. The zero-order valence-corrected chi connectivity index (χ0v) is 9.73. The Morgan fingerprint density at radius 3 is 2.93 bits per heavy atom. The Morgan fingerprint density at radius 1 is 1.53 bits per heavy atom. The van der Waals surface area contributed by atoms with Crippen LogP contribution in [-0.2, 0) is 14.9 Å². The van der Waals surface area contributed by atoms with Crippen molar-refractivity contribution in [2.24, 2.45) is 5.16 Å². The molecule has 4 nitrogen and oxygen atoms in total. The number of alkyl halides is 1. The predicted molar refractivity (Wildman–Crippen MR) is 60.2 cm³/mol. The quantitative estimate of drug-likeness (QED) is 0.365.